The topological polar surface area (TPSA) is 46.9 Å². The number of hydrogen-bond donors (Lipinski definition) is 1. The molecule has 1 N–H and O–H groups in total. The summed E-state index contributed by atoms with van der Waals surface area (Å²) >= 11 is 0. The third kappa shape index (κ3) is 2.36. The van der Waals surface area contributed by atoms with Crippen LogP contribution in [0.3, 0.4) is 0 Å². The standard InChI is InChI=1S/C23H21N3O/c1-14-8-10-16-6-3-4-7-17(16)19(14)20-15(2)9-11-18-21(20)25-23-24-12-5-13-26(23)22(18)27/h3-4,6-11H,5,12-13H2,1-2H3,(H,24,25). The number of rotatable bonds is 1. The fourth-order valence-corrected chi connectivity index (χ4v) is 4.20. The van der Waals surface area contributed by atoms with Gasteiger partial charge in [-0.25, -0.2) is 4.98 Å². The number of nitrogens with zero attached hydrogens (tertiary/aromatic N) is 2. The minimum atomic E-state index is 0.0429. The van der Waals surface area contributed by atoms with E-state index in [0.717, 1.165) is 36.2 Å². The van der Waals surface area contributed by atoms with Crippen molar-refractivity contribution >= 4 is 27.6 Å². The van der Waals surface area contributed by atoms with Crippen molar-refractivity contribution in [2.45, 2.75) is 26.8 Å². The molecule has 134 valence electrons. The molecule has 4 nitrogen and oxygen atoms in total. The van der Waals surface area contributed by atoms with Crippen LogP contribution in [0.1, 0.15) is 17.5 Å². The molecule has 4 heteroatoms. The van der Waals surface area contributed by atoms with Crippen LogP contribution in [0.4, 0.5) is 5.95 Å². The van der Waals surface area contributed by atoms with Gasteiger partial charge in [0.2, 0.25) is 5.95 Å². The van der Waals surface area contributed by atoms with E-state index in [2.05, 4.69) is 55.6 Å². The Morgan fingerprint density at radius 3 is 2.59 bits per heavy atom. The number of nitrogens with one attached hydrogen (secondary N) is 1. The van der Waals surface area contributed by atoms with Crippen molar-refractivity contribution in [1.29, 1.82) is 0 Å². The average molecular weight is 355 g/mol. The normalized spacial score (nSPS) is 13.6. The number of aromatic nitrogens is 2. The molecule has 1 aromatic heterocycles. The van der Waals surface area contributed by atoms with Crippen LogP contribution in [-0.4, -0.2) is 16.1 Å². The van der Waals surface area contributed by atoms with Crippen LogP contribution in [0.25, 0.3) is 32.8 Å². The van der Waals surface area contributed by atoms with E-state index in [-0.39, 0.29) is 5.56 Å². The third-order valence-corrected chi connectivity index (χ3v) is 5.56. The van der Waals surface area contributed by atoms with Crippen molar-refractivity contribution in [2.75, 3.05) is 11.9 Å². The van der Waals surface area contributed by atoms with Crippen molar-refractivity contribution in [1.82, 2.24) is 9.55 Å². The van der Waals surface area contributed by atoms with Crippen LogP contribution >= 0.6 is 0 Å². The molecule has 2 heterocycles. The molecule has 0 fully saturated rings. The van der Waals surface area contributed by atoms with E-state index in [9.17, 15) is 4.79 Å². The quantitative estimate of drug-likeness (QED) is 0.541. The summed E-state index contributed by atoms with van der Waals surface area (Å²) < 4.78 is 1.76. The second-order valence-electron chi connectivity index (χ2n) is 7.30. The minimum absolute atomic E-state index is 0.0429. The van der Waals surface area contributed by atoms with Gasteiger partial charge in [0.15, 0.2) is 0 Å². The highest BCUT2D eigenvalue weighted by atomic mass is 16.1. The fourth-order valence-electron chi connectivity index (χ4n) is 4.20. The monoisotopic (exact) mass is 355 g/mol. The Kier molecular flexibility index (Phi) is 3.54. The molecule has 27 heavy (non-hydrogen) atoms. The zero-order valence-corrected chi connectivity index (χ0v) is 15.5. The van der Waals surface area contributed by atoms with Crippen LogP contribution in [0.15, 0.2) is 53.3 Å². The largest absolute Gasteiger partial charge is 0.355 e. The molecule has 1 aliphatic rings. The van der Waals surface area contributed by atoms with E-state index in [1.165, 1.54) is 21.9 Å². The molecule has 1 aliphatic heterocycles. The lowest BCUT2D eigenvalue weighted by molar-refractivity contribution is 0.602. The number of fused-ring (bicyclic) bond motifs is 3. The first-order chi connectivity index (χ1) is 13.1. The van der Waals surface area contributed by atoms with Crippen LogP contribution in [0.5, 0.6) is 0 Å². The zero-order chi connectivity index (χ0) is 18.5. The summed E-state index contributed by atoms with van der Waals surface area (Å²) in [5, 5.41) is 6.38. The maximum absolute atomic E-state index is 13.1. The zero-order valence-electron chi connectivity index (χ0n) is 15.5. The van der Waals surface area contributed by atoms with Gasteiger partial charge >= 0.3 is 0 Å². The van der Waals surface area contributed by atoms with Gasteiger partial charge in [-0.3, -0.25) is 9.36 Å². The van der Waals surface area contributed by atoms with E-state index in [4.69, 9.17) is 4.98 Å². The molecule has 0 unspecified atom stereocenters. The first kappa shape index (κ1) is 16.1. The Labute approximate surface area is 157 Å². The maximum Gasteiger partial charge on any atom is 0.262 e. The Hall–Kier alpha value is -3.14. The number of aryl methyl sites for hydroxylation is 2. The number of benzene rings is 3. The summed E-state index contributed by atoms with van der Waals surface area (Å²) in [5.41, 5.74) is 5.39. The Morgan fingerprint density at radius 2 is 1.70 bits per heavy atom. The SMILES string of the molecule is Cc1ccc2ccccc2c1-c1c(C)ccc2c(=O)n3c(nc12)NCCC3. The van der Waals surface area contributed by atoms with Gasteiger partial charge in [0, 0.05) is 18.7 Å². The summed E-state index contributed by atoms with van der Waals surface area (Å²) in [5.74, 6) is 0.684. The molecular formula is C23H21N3O. The summed E-state index contributed by atoms with van der Waals surface area (Å²) in [6.45, 7) is 5.80. The fraction of sp³-hybridized carbons (Fsp3) is 0.217. The molecule has 3 aromatic carbocycles. The van der Waals surface area contributed by atoms with E-state index in [0.29, 0.717) is 11.3 Å². The molecule has 0 saturated carbocycles. The molecular weight excluding hydrogens is 334 g/mol. The maximum atomic E-state index is 13.1. The molecule has 0 atom stereocenters. The van der Waals surface area contributed by atoms with Gasteiger partial charge in [0.1, 0.15) is 0 Å². The molecule has 0 amide bonds. The third-order valence-electron chi connectivity index (χ3n) is 5.56. The highest BCUT2D eigenvalue weighted by Gasteiger charge is 2.20. The van der Waals surface area contributed by atoms with Crippen molar-refractivity contribution in [2.24, 2.45) is 0 Å². The predicted molar refractivity (Wildman–Crippen MR) is 112 cm³/mol. The summed E-state index contributed by atoms with van der Waals surface area (Å²) in [4.78, 5) is 18.0. The predicted octanol–water partition coefficient (Wildman–Crippen LogP) is 4.65. The number of hydrogen-bond acceptors (Lipinski definition) is 3. The van der Waals surface area contributed by atoms with E-state index < -0.39 is 0 Å². The Morgan fingerprint density at radius 1 is 0.926 bits per heavy atom. The molecule has 0 bridgehead atoms. The van der Waals surface area contributed by atoms with Crippen molar-refractivity contribution in [3.8, 4) is 11.1 Å². The van der Waals surface area contributed by atoms with Crippen molar-refractivity contribution in [3.05, 3.63) is 70.0 Å². The van der Waals surface area contributed by atoms with Gasteiger partial charge in [0.05, 0.1) is 10.9 Å². The Bertz CT molecular complexity index is 1270. The lowest BCUT2D eigenvalue weighted by Gasteiger charge is -2.21. The van der Waals surface area contributed by atoms with Crippen molar-refractivity contribution in [3.63, 3.8) is 0 Å². The van der Waals surface area contributed by atoms with E-state index >= 15 is 0 Å². The van der Waals surface area contributed by atoms with Gasteiger partial charge in [0.25, 0.3) is 5.56 Å². The smallest absolute Gasteiger partial charge is 0.262 e. The first-order valence-electron chi connectivity index (χ1n) is 9.42. The van der Waals surface area contributed by atoms with Crippen LogP contribution in [0.2, 0.25) is 0 Å². The first-order valence-corrected chi connectivity index (χ1v) is 9.42. The molecule has 0 saturated heterocycles. The molecule has 0 aliphatic carbocycles. The summed E-state index contributed by atoms with van der Waals surface area (Å²) in [7, 11) is 0. The van der Waals surface area contributed by atoms with Crippen LogP contribution in [-0.2, 0) is 6.54 Å². The van der Waals surface area contributed by atoms with Gasteiger partial charge in [-0.05, 0) is 53.8 Å². The Balaban J connectivity index is 1.95. The van der Waals surface area contributed by atoms with Gasteiger partial charge in [-0.2, -0.15) is 0 Å². The van der Waals surface area contributed by atoms with Crippen molar-refractivity contribution < 1.29 is 0 Å². The second kappa shape index (κ2) is 5.95. The lowest BCUT2D eigenvalue weighted by Crippen LogP contribution is -2.30. The second-order valence-corrected chi connectivity index (χ2v) is 7.30. The van der Waals surface area contributed by atoms with Gasteiger partial charge in [-0.15, -0.1) is 0 Å². The molecule has 0 spiro atoms. The average Bonchev–Trinajstić information content (AvgIpc) is 2.69. The number of anilines is 1. The van der Waals surface area contributed by atoms with E-state index in [1.807, 2.05) is 12.1 Å². The minimum Gasteiger partial charge on any atom is -0.355 e. The van der Waals surface area contributed by atoms with Crippen LogP contribution < -0.4 is 10.9 Å². The summed E-state index contributed by atoms with van der Waals surface area (Å²) in [6, 6.07) is 16.7. The molecule has 5 rings (SSSR count). The molecule has 4 aromatic rings. The van der Waals surface area contributed by atoms with Gasteiger partial charge in [-0.1, -0.05) is 42.5 Å². The van der Waals surface area contributed by atoms with Crippen LogP contribution in [0, 0.1) is 13.8 Å². The summed E-state index contributed by atoms with van der Waals surface area (Å²) in [6.07, 6.45) is 0.946. The highest BCUT2D eigenvalue weighted by molar-refractivity contribution is 6.06. The molecule has 0 radical (unpaired) electrons. The highest BCUT2D eigenvalue weighted by Crippen LogP contribution is 2.37. The van der Waals surface area contributed by atoms with E-state index in [1.54, 1.807) is 4.57 Å². The van der Waals surface area contributed by atoms with Gasteiger partial charge < -0.3 is 5.32 Å². The lowest BCUT2D eigenvalue weighted by atomic mass is 9.90.